The van der Waals surface area contributed by atoms with Crippen molar-refractivity contribution in [2.45, 2.75) is 25.5 Å². The van der Waals surface area contributed by atoms with E-state index in [1.54, 1.807) is 19.5 Å². The molecule has 3 aromatic rings. The lowest BCUT2D eigenvalue weighted by molar-refractivity contribution is -0.117. The van der Waals surface area contributed by atoms with Gasteiger partial charge in [-0.3, -0.25) is 4.79 Å². The Labute approximate surface area is 169 Å². The maximum Gasteiger partial charge on any atom is 0.244 e. The van der Waals surface area contributed by atoms with Gasteiger partial charge < -0.3 is 19.7 Å². The zero-order chi connectivity index (χ0) is 20.4. The summed E-state index contributed by atoms with van der Waals surface area (Å²) in [5.41, 5.74) is 4.68. The lowest BCUT2D eigenvalue weighted by Crippen LogP contribution is -2.32. The van der Waals surface area contributed by atoms with Gasteiger partial charge in [-0.25, -0.2) is 4.98 Å². The molecule has 2 N–H and O–H groups in total. The van der Waals surface area contributed by atoms with E-state index in [9.17, 15) is 9.90 Å². The molecule has 0 fully saturated rings. The number of methoxy groups -OCH3 is 1. The predicted molar refractivity (Wildman–Crippen MR) is 111 cm³/mol. The number of imidazole rings is 1. The Kier molecular flexibility index (Phi) is 5.18. The summed E-state index contributed by atoms with van der Waals surface area (Å²) in [6.45, 7) is 1.93. The fourth-order valence-corrected chi connectivity index (χ4v) is 3.69. The Morgan fingerprint density at radius 2 is 2.14 bits per heavy atom. The normalized spacial score (nSPS) is 18.0. The molecule has 2 atom stereocenters. The maximum atomic E-state index is 12.4. The molecule has 0 spiro atoms. The van der Waals surface area contributed by atoms with Crippen molar-refractivity contribution >= 4 is 12.0 Å². The Hall–Kier alpha value is -3.38. The van der Waals surface area contributed by atoms with Crippen molar-refractivity contribution < 1.29 is 14.6 Å². The van der Waals surface area contributed by atoms with E-state index in [0.717, 1.165) is 28.1 Å². The molecule has 0 aliphatic heterocycles. The zero-order valence-electron chi connectivity index (χ0n) is 16.4. The first-order valence-corrected chi connectivity index (χ1v) is 9.48. The van der Waals surface area contributed by atoms with Gasteiger partial charge in [-0.1, -0.05) is 30.3 Å². The SMILES string of the molecule is COc1cc(/C=C/C(=O)N[C@H]2c3ccccc3C[C@H]2O)ccc1-n1cnc(C)c1. The molecule has 148 valence electrons. The van der Waals surface area contributed by atoms with Crippen molar-refractivity contribution in [1.82, 2.24) is 14.9 Å². The van der Waals surface area contributed by atoms with E-state index in [2.05, 4.69) is 10.3 Å². The second-order valence-electron chi connectivity index (χ2n) is 7.14. The number of fused-ring (bicyclic) bond motifs is 1. The van der Waals surface area contributed by atoms with Gasteiger partial charge in [-0.2, -0.15) is 0 Å². The van der Waals surface area contributed by atoms with Crippen LogP contribution in [0.15, 0.2) is 61.1 Å². The number of aromatic nitrogens is 2. The van der Waals surface area contributed by atoms with E-state index in [-0.39, 0.29) is 11.9 Å². The van der Waals surface area contributed by atoms with Crippen molar-refractivity contribution in [3.63, 3.8) is 0 Å². The first kappa shape index (κ1) is 19.0. The topological polar surface area (TPSA) is 76.4 Å². The van der Waals surface area contributed by atoms with Crippen LogP contribution in [0.4, 0.5) is 0 Å². The average Bonchev–Trinajstić information content (AvgIpc) is 3.29. The summed E-state index contributed by atoms with van der Waals surface area (Å²) in [6.07, 6.45) is 6.81. The highest BCUT2D eigenvalue weighted by atomic mass is 16.5. The molecule has 4 rings (SSSR count). The van der Waals surface area contributed by atoms with Crippen molar-refractivity contribution in [3.05, 3.63) is 83.4 Å². The number of ether oxygens (including phenoxy) is 1. The van der Waals surface area contributed by atoms with E-state index in [1.807, 2.05) is 60.2 Å². The van der Waals surface area contributed by atoms with Gasteiger partial charge in [0.2, 0.25) is 5.91 Å². The molecule has 0 unspecified atom stereocenters. The lowest BCUT2D eigenvalue weighted by atomic mass is 10.1. The van der Waals surface area contributed by atoms with Crippen molar-refractivity contribution in [1.29, 1.82) is 0 Å². The fraction of sp³-hybridized carbons (Fsp3) is 0.217. The third kappa shape index (κ3) is 3.93. The molecule has 1 aliphatic rings. The summed E-state index contributed by atoms with van der Waals surface area (Å²) < 4.78 is 7.40. The highest BCUT2D eigenvalue weighted by Crippen LogP contribution is 2.31. The van der Waals surface area contributed by atoms with E-state index in [4.69, 9.17) is 4.74 Å². The number of hydrogen-bond donors (Lipinski definition) is 2. The first-order valence-electron chi connectivity index (χ1n) is 9.48. The smallest absolute Gasteiger partial charge is 0.244 e. The standard InChI is InChI=1S/C23H23N3O3/c1-15-13-26(14-24-15)19-9-7-16(11-21(19)29-2)8-10-22(28)25-23-18-6-4-3-5-17(18)12-20(23)27/h3-11,13-14,20,23,27H,12H2,1-2H3,(H,25,28)/b10-8+/t20-,23+/m1/s1. The minimum Gasteiger partial charge on any atom is -0.495 e. The van der Waals surface area contributed by atoms with Gasteiger partial charge in [0.15, 0.2) is 0 Å². The van der Waals surface area contributed by atoms with Gasteiger partial charge in [0.1, 0.15) is 5.75 Å². The first-order chi connectivity index (χ1) is 14.0. The number of aryl methyl sites for hydroxylation is 1. The van der Waals surface area contributed by atoms with Gasteiger partial charge >= 0.3 is 0 Å². The van der Waals surface area contributed by atoms with E-state index in [1.165, 1.54) is 6.08 Å². The van der Waals surface area contributed by atoms with Gasteiger partial charge in [-0.05, 0) is 41.8 Å². The Balaban J connectivity index is 1.48. The number of nitrogens with zero attached hydrogens (tertiary/aromatic N) is 2. The van der Waals surface area contributed by atoms with Crippen molar-refractivity contribution in [2.75, 3.05) is 7.11 Å². The Morgan fingerprint density at radius 3 is 2.90 bits per heavy atom. The molecule has 0 saturated carbocycles. The highest BCUT2D eigenvalue weighted by molar-refractivity contribution is 5.92. The quantitative estimate of drug-likeness (QED) is 0.658. The molecule has 1 aliphatic carbocycles. The molecule has 1 amide bonds. The van der Waals surface area contributed by atoms with Crippen LogP contribution in [-0.2, 0) is 11.2 Å². The summed E-state index contributed by atoms with van der Waals surface area (Å²) in [7, 11) is 1.61. The van der Waals surface area contributed by atoms with E-state index in [0.29, 0.717) is 12.2 Å². The molecule has 1 aromatic heterocycles. The number of amides is 1. The number of aliphatic hydroxyl groups excluding tert-OH is 1. The van der Waals surface area contributed by atoms with Crippen LogP contribution in [0.2, 0.25) is 0 Å². The van der Waals surface area contributed by atoms with E-state index >= 15 is 0 Å². The van der Waals surface area contributed by atoms with Gasteiger partial charge in [0.05, 0.1) is 37.0 Å². The fourth-order valence-electron chi connectivity index (χ4n) is 3.69. The van der Waals surface area contributed by atoms with E-state index < -0.39 is 6.10 Å². The lowest BCUT2D eigenvalue weighted by Gasteiger charge is -2.16. The molecule has 0 saturated heterocycles. The summed E-state index contributed by atoms with van der Waals surface area (Å²) in [5, 5.41) is 13.2. The zero-order valence-corrected chi connectivity index (χ0v) is 16.4. The van der Waals surface area contributed by atoms with Crippen LogP contribution < -0.4 is 10.1 Å². The summed E-state index contributed by atoms with van der Waals surface area (Å²) in [4.78, 5) is 16.7. The Bertz CT molecular complexity index is 1070. The van der Waals surface area contributed by atoms with Crippen LogP contribution in [0, 0.1) is 6.92 Å². The van der Waals surface area contributed by atoms with Crippen LogP contribution in [-0.4, -0.2) is 33.8 Å². The minimum atomic E-state index is -0.609. The predicted octanol–water partition coefficient (Wildman–Crippen LogP) is 2.98. The summed E-state index contributed by atoms with van der Waals surface area (Å²) in [6, 6.07) is 13.1. The van der Waals surface area contributed by atoms with Gasteiger partial charge in [0, 0.05) is 18.7 Å². The van der Waals surface area contributed by atoms with Crippen molar-refractivity contribution in [2.24, 2.45) is 0 Å². The summed E-state index contributed by atoms with van der Waals surface area (Å²) in [5.74, 6) is 0.434. The van der Waals surface area contributed by atoms with Crippen LogP contribution in [0.3, 0.4) is 0 Å². The molecule has 2 aromatic carbocycles. The second kappa shape index (κ2) is 7.93. The van der Waals surface area contributed by atoms with Crippen LogP contribution >= 0.6 is 0 Å². The number of carbonyl (C=O) groups is 1. The third-order valence-electron chi connectivity index (χ3n) is 5.12. The monoisotopic (exact) mass is 389 g/mol. The number of rotatable bonds is 5. The van der Waals surface area contributed by atoms with Crippen LogP contribution in [0.5, 0.6) is 5.75 Å². The molecule has 1 heterocycles. The number of benzene rings is 2. The average molecular weight is 389 g/mol. The highest BCUT2D eigenvalue weighted by Gasteiger charge is 2.31. The molecular formula is C23H23N3O3. The molecule has 6 nitrogen and oxygen atoms in total. The maximum absolute atomic E-state index is 12.4. The van der Waals surface area contributed by atoms with Crippen LogP contribution in [0.25, 0.3) is 11.8 Å². The Morgan fingerprint density at radius 1 is 1.31 bits per heavy atom. The number of nitrogens with one attached hydrogen (secondary N) is 1. The van der Waals surface area contributed by atoms with Crippen molar-refractivity contribution in [3.8, 4) is 11.4 Å². The third-order valence-corrected chi connectivity index (χ3v) is 5.12. The molecule has 0 radical (unpaired) electrons. The molecule has 29 heavy (non-hydrogen) atoms. The minimum absolute atomic E-state index is 0.251. The number of hydrogen-bond acceptors (Lipinski definition) is 4. The second-order valence-corrected chi connectivity index (χ2v) is 7.14. The molecule has 6 heteroatoms. The number of carbonyl (C=O) groups excluding carboxylic acids is 1. The van der Waals surface area contributed by atoms with Gasteiger partial charge in [-0.15, -0.1) is 0 Å². The van der Waals surface area contributed by atoms with Gasteiger partial charge in [0.25, 0.3) is 0 Å². The summed E-state index contributed by atoms with van der Waals surface area (Å²) >= 11 is 0. The largest absolute Gasteiger partial charge is 0.495 e. The van der Waals surface area contributed by atoms with Crippen LogP contribution in [0.1, 0.15) is 28.4 Å². The number of aliphatic hydroxyl groups is 1. The molecule has 0 bridgehead atoms. The molecular weight excluding hydrogens is 366 g/mol.